The lowest BCUT2D eigenvalue weighted by atomic mass is 9.89. The van der Waals surface area contributed by atoms with E-state index in [0.29, 0.717) is 0 Å². The molecule has 1 atom stereocenters. The number of aliphatic carboxylic acids is 1. The van der Waals surface area contributed by atoms with Crippen molar-refractivity contribution in [1.29, 1.82) is 0 Å². The van der Waals surface area contributed by atoms with Crippen LogP contribution in [0.25, 0.3) is 0 Å². The van der Waals surface area contributed by atoms with Crippen LogP contribution in [-0.2, 0) is 9.36 Å². The third kappa shape index (κ3) is 4.19. The minimum atomic E-state index is -4.31. The summed E-state index contributed by atoms with van der Waals surface area (Å²) in [4.78, 5) is 28.2. The van der Waals surface area contributed by atoms with Crippen molar-refractivity contribution >= 4 is 13.6 Å². The van der Waals surface area contributed by atoms with Gasteiger partial charge in [0.05, 0.1) is 12.1 Å². The molecule has 0 aliphatic carbocycles. The molecule has 0 aromatic heterocycles. The number of carboxylic acids is 1. The Morgan fingerprint density at radius 1 is 1.50 bits per heavy atom. The SMILES string of the molecule is CNC(C)(C)C(CP(=O)(O)O)C(=O)O. The molecule has 0 aromatic rings. The molecule has 0 aromatic carbocycles. The topological polar surface area (TPSA) is 107 Å². The molecule has 0 saturated heterocycles. The van der Waals surface area contributed by atoms with Crippen molar-refractivity contribution in [3.05, 3.63) is 0 Å². The van der Waals surface area contributed by atoms with Gasteiger partial charge >= 0.3 is 13.6 Å². The van der Waals surface area contributed by atoms with E-state index in [2.05, 4.69) is 5.32 Å². The molecule has 4 N–H and O–H groups in total. The van der Waals surface area contributed by atoms with Gasteiger partial charge in [-0.2, -0.15) is 0 Å². The number of carbonyl (C=O) groups is 1. The second-order valence-corrected chi connectivity index (χ2v) is 5.40. The molecule has 0 saturated carbocycles. The molecule has 0 amide bonds. The molecule has 0 fully saturated rings. The average molecular weight is 225 g/mol. The first kappa shape index (κ1) is 13.6. The lowest BCUT2D eigenvalue weighted by Crippen LogP contribution is -2.49. The van der Waals surface area contributed by atoms with E-state index in [1.807, 2.05) is 0 Å². The molecule has 0 heterocycles. The Morgan fingerprint density at radius 3 is 2.14 bits per heavy atom. The summed E-state index contributed by atoms with van der Waals surface area (Å²) in [5.74, 6) is -2.33. The van der Waals surface area contributed by atoms with Crippen LogP contribution < -0.4 is 5.32 Å². The standard InChI is InChI=1S/C7H16NO5P/c1-7(2,8-3)5(6(9)10)4-14(11,12)13/h5,8H,4H2,1-3H3,(H,9,10)(H2,11,12,13). The van der Waals surface area contributed by atoms with E-state index in [1.54, 1.807) is 20.9 Å². The molecule has 14 heavy (non-hydrogen) atoms. The van der Waals surface area contributed by atoms with Gasteiger partial charge in [0.2, 0.25) is 0 Å². The molecule has 0 radical (unpaired) electrons. The summed E-state index contributed by atoms with van der Waals surface area (Å²) < 4.78 is 10.7. The maximum absolute atomic E-state index is 10.8. The van der Waals surface area contributed by atoms with Crippen LogP contribution in [0.5, 0.6) is 0 Å². The Bertz CT molecular complexity index is 259. The molecule has 0 rings (SSSR count). The predicted molar refractivity (Wildman–Crippen MR) is 51.2 cm³/mol. The Balaban J connectivity index is 4.80. The van der Waals surface area contributed by atoms with Gasteiger partial charge in [0.25, 0.3) is 0 Å². The van der Waals surface area contributed by atoms with Crippen LogP contribution >= 0.6 is 7.60 Å². The molecule has 0 bridgehead atoms. The van der Waals surface area contributed by atoms with E-state index in [0.717, 1.165) is 0 Å². The van der Waals surface area contributed by atoms with Crippen LogP contribution in [0.2, 0.25) is 0 Å². The maximum Gasteiger partial charge on any atom is 0.326 e. The number of nitrogens with one attached hydrogen (secondary N) is 1. The summed E-state index contributed by atoms with van der Waals surface area (Å²) in [5.41, 5.74) is -0.854. The molecule has 0 spiro atoms. The number of rotatable bonds is 5. The summed E-state index contributed by atoms with van der Waals surface area (Å²) in [6.07, 6.45) is -0.657. The van der Waals surface area contributed by atoms with Gasteiger partial charge in [-0.05, 0) is 20.9 Å². The fourth-order valence-corrected chi connectivity index (χ4v) is 2.12. The van der Waals surface area contributed by atoms with Crippen molar-refractivity contribution in [3.63, 3.8) is 0 Å². The molecular weight excluding hydrogens is 209 g/mol. The Labute approximate surface area is 82.5 Å². The van der Waals surface area contributed by atoms with E-state index in [1.165, 1.54) is 0 Å². The number of hydrogen-bond donors (Lipinski definition) is 4. The monoisotopic (exact) mass is 225 g/mol. The Morgan fingerprint density at radius 2 is 1.93 bits per heavy atom. The first-order chi connectivity index (χ1) is 6.10. The number of carboxylic acid groups (broad SMARTS) is 1. The third-order valence-electron chi connectivity index (χ3n) is 2.23. The second-order valence-electron chi connectivity index (χ2n) is 3.71. The zero-order valence-electron chi connectivity index (χ0n) is 8.39. The van der Waals surface area contributed by atoms with Crippen LogP contribution in [0.4, 0.5) is 0 Å². The molecule has 84 valence electrons. The molecule has 0 aliphatic rings. The van der Waals surface area contributed by atoms with Crippen LogP contribution in [0.15, 0.2) is 0 Å². The minimum absolute atomic E-state index is 0.657. The highest BCUT2D eigenvalue weighted by Gasteiger charge is 2.38. The summed E-state index contributed by atoms with van der Waals surface area (Å²) in [7, 11) is -2.75. The normalized spacial score (nSPS) is 15.2. The van der Waals surface area contributed by atoms with Crippen molar-refractivity contribution in [3.8, 4) is 0 Å². The van der Waals surface area contributed by atoms with Gasteiger partial charge in [-0.3, -0.25) is 9.36 Å². The van der Waals surface area contributed by atoms with Gasteiger partial charge in [-0.25, -0.2) is 0 Å². The van der Waals surface area contributed by atoms with Crippen LogP contribution in [0, 0.1) is 5.92 Å². The second kappa shape index (κ2) is 4.40. The van der Waals surface area contributed by atoms with Crippen molar-refractivity contribution in [2.75, 3.05) is 13.2 Å². The van der Waals surface area contributed by atoms with E-state index >= 15 is 0 Å². The molecule has 1 unspecified atom stereocenters. The molecule has 6 nitrogen and oxygen atoms in total. The number of hydrogen-bond acceptors (Lipinski definition) is 3. The van der Waals surface area contributed by atoms with Crippen LogP contribution in [-0.4, -0.2) is 39.6 Å². The lowest BCUT2D eigenvalue weighted by Gasteiger charge is -2.31. The minimum Gasteiger partial charge on any atom is -0.481 e. The average Bonchev–Trinajstić information content (AvgIpc) is 1.98. The quantitative estimate of drug-likeness (QED) is 0.485. The first-order valence-corrected chi connectivity index (χ1v) is 5.86. The Kier molecular flexibility index (Phi) is 4.27. The maximum atomic E-state index is 10.8. The van der Waals surface area contributed by atoms with Gasteiger partial charge in [-0.15, -0.1) is 0 Å². The van der Waals surface area contributed by atoms with Crippen molar-refractivity contribution in [2.24, 2.45) is 5.92 Å². The fraction of sp³-hybridized carbons (Fsp3) is 0.857. The smallest absolute Gasteiger partial charge is 0.326 e. The highest BCUT2D eigenvalue weighted by atomic mass is 31.2. The first-order valence-electron chi connectivity index (χ1n) is 4.06. The highest BCUT2D eigenvalue weighted by Crippen LogP contribution is 2.39. The molecule has 0 aliphatic heterocycles. The van der Waals surface area contributed by atoms with E-state index in [9.17, 15) is 9.36 Å². The zero-order chi connectivity index (χ0) is 11.6. The summed E-state index contributed by atoms with van der Waals surface area (Å²) >= 11 is 0. The largest absolute Gasteiger partial charge is 0.481 e. The summed E-state index contributed by atoms with van der Waals surface area (Å²) in [6.45, 7) is 3.17. The predicted octanol–water partition coefficient (Wildman–Crippen LogP) is -0.137. The molecular formula is C7H16NO5P. The van der Waals surface area contributed by atoms with Gasteiger partial charge in [-0.1, -0.05) is 0 Å². The fourth-order valence-electron chi connectivity index (χ4n) is 1.03. The zero-order valence-corrected chi connectivity index (χ0v) is 9.28. The third-order valence-corrected chi connectivity index (χ3v) is 3.07. The van der Waals surface area contributed by atoms with Gasteiger partial charge in [0, 0.05) is 5.54 Å². The highest BCUT2D eigenvalue weighted by molar-refractivity contribution is 7.51. The Hall–Kier alpha value is -0.420. The van der Waals surface area contributed by atoms with Crippen molar-refractivity contribution < 1.29 is 24.3 Å². The van der Waals surface area contributed by atoms with E-state index in [4.69, 9.17) is 14.9 Å². The van der Waals surface area contributed by atoms with E-state index in [-0.39, 0.29) is 0 Å². The van der Waals surface area contributed by atoms with Gasteiger partial charge in [0.15, 0.2) is 0 Å². The summed E-state index contributed by atoms with van der Waals surface area (Å²) in [6, 6.07) is 0. The van der Waals surface area contributed by atoms with Crippen LogP contribution in [0.3, 0.4) is 0 Å². The molecule has 7 heteroatoms. The van der Waals surface area contributed by atoms with Crippen LogP contribution in [0.1, 0.15) is 13.8 Å². The van der Waals surface area contributed by atoms with Gasteiger partial charge in [0.1, 0.15) is 0 Å². The van der Waals surface area contributed by atoms with Gasteiger partial charge < -0.3 is 20.2 Å². The van der Waals surface area contributed by atoms with Crippen molar-refractivity contribution in [2.45, 2.75) is 19.4 Å². The van der Waals surface area contributed by atoms with Crippen molar-refractivity contribution in [1.82, 2.24) is 5.32 Å². The lowest BCUT2D eigenvalue weighted by molar-refractivity contribution is -0.143. The van der Waals surface area contributed by atoms with E-state index < -0.39 is 31.2 Å². The summed E-state index contributed by atoms with van der Waals surface area (Å²) in [5, 5.41) is 11.5.